The predicted molar refractivity (Wildman–Crippen MR) is 79.8 cm³/mol. The summed E-state index contributed by atoms with van der Waals surface area (Å²) >= 11 is 0. The lowest BCUT2D eigenvalue weighted by atomic mass is 10.1. The number of nitrogens with zero attached hydrogens (tertiary/aromatic N) is 1. The first kappa shape index (κ1) is 15.2. The molecule has 0 aliphatic rings. The molecule has 1 aromatic rings. The van der Waals surface area contributed by atoms with Crippen LogP contribution < -0.4 is 5.73 Å². The Morgan fingerprint density at radius 1 is 0.889 bits per heavy atom. The maximum Gasteiger partial charge on any atom is 0.00188 e. The minimum atomic E-state index is 0.844. The fourth-order valence-electron chi connectivity index (χ4n) is 2.13. The van der Waals surface area contributed by atoms with Crippen molar-refractivity contribution in [3.63, 3.8) is 0 Å². The Balaban J connectivity index is 1.99. The standard InChI is InChI=1S/C16H28N2/c1-18(14-9-4-2-3-8-13-17)15-12-16-10-6-5-7-11-16/h5-7,10-11H,2-4,8-9,12-15,17H2,1H3. The number of unbranched alkanes of at least 4 members (excludes halogenated alkanes) is 4. The Morgan fingerprint density at radius 3 is 2.28 bits per heavy atom. The van der Waals surface area contributed by atoms with Crippen molar-refractivity contribution in [3.05, 3.63) is 35.9 Å². The molecule has 2 heteroatoms. The molecule has 0 aliphatic carbocycles. The number of benzene rings is 1. The highest BCUT2D eigenvalue weighted by Gasteiger charge is 1.99. The van der Waals surface area contributed by atoms with E-state index in [0.717, 1.165) is 19.5 Å². The van der Waals surface area contributed by atoms with Crippen molar-refractivity contribution in [2.45, 2.75) is 38.5 Å². The van der Waals surface area contributed by atoms with Gasteiger partial charge in [0.25, 0.3) is 0 Å². The van der Waals surface area contributed by atoms with E-state index in [1.54, 1.807) is 0 Å². The molecular formula is C16H28N2. The Hall–Kier alpha value is -0.860. The first-order chi connectivity index (χ1) is 8.83. The van der Waals surface area contributed by atoms with Gasteiger partial charge in [-0.15, -0.1) is 0 Å². The van der Waals surface area contributed by atoms with Crippen LogP contribution in [-0.2, 0) is 6.42 Å². The molecule has 0 fully saturated rings. The summed E-state index contributed by atoms with van der Waals surface area (Å²) in [5, 5.41) is 0. The van der Waals surface area contributed by atoms with Crippen molar-refractivity contribution in [2.24, 2.45) is 5.73 Å². The molecule has 18 heavy (non-hydrogen) atoms. The highest BCUT2D eigenvalue weighted by Crippen LogP contribution is 2.04. The fraction of sp³-hybridized carbons (Fsp3) is 0.625. The number of hydrogen-bond acceptors (Lipinski definition) is 2. The van der Waals surface area contributed by atoms with Crippen LogP contribution in [0.25, 0.3) is 0 Å². The van der Waals surface area contributed by atoms with Gasteiger partial charge in [-0.1, -0.05) is 49.6 Å². The van der Waals surface area contributed by atoms with Gasteiger partial charge < -0.3 is 10.6 Å². The third-order valence-corrected chi connectivity index (χ3v) is 3.37. The van der Waals surface area contributed by atoms with Gasteiger partial charge in [-0.2, -0.15) is 0 Å². The van der Waals surface area contributed by atoms with E-state index in [1.165, 1.54) is 44.2 Å². The van der Waals surface area contributed by atoms with Gasteiger partial charge in [-0.3, -0.25) is 0 Å². The van der Waals surface area contributed by atoms with E-state index in [0.29, 0.717) is 0 Å². The van der Waals surface area contributed by atoms with Crippen molar-refractivity contribution in [1.29, 1.82) is 0 Å². The fourth-order valence-corrected chi connectivity index (χ4v) is 2.13. The molecule has 0 saturated heterocycles. The zero-order valence-corrected chi connectivity index (χ0v) is 11.8. The third-order valence-electron chi connectivity index (χ3n) is 3.37. The van der Waals surface area contributed by atoms with Gasteiger partial charge in [0.1, 0.15) is 0 Å². The zero-order valence-electron chi connectivity index (χ0n) is 11.8. The summed E-state index contributed by atoms with van der Waals surface area (Å²) in [4.78, 5) is 2.44. The van der Waals surface area contributed by atoms with Gasteiger partial charge in [0.05, 0.1) is 0 Å². The maximum absolute atomic E-state index is 5.48. The summed E-state index contributed by atoms with van der Waals surface area (Å²) in [6.07, 6.45) is 7.63. The largest absolute Gasteiger partial charge is 0.330 e. The molecule has 0 atom stereocenters. The highest BCUT2D eigenvalue weighted by molar-refractivity contribution is 5.14. The summed E-state index contributed by atoms with van der Waals surface area (Å²) in [5.41, 5.74) is 6.92. The SMILES string of the molecule is CN(CCCCCCCN)CCc1ccccc1. The minimum Gasteiger partial charge on any atom is -0.330 e. The van der Waals surface area contributed by atoms with E-state index in [2.05, 4.69) is 42.3 Å². The van der Waals surface area contributed by atoms with E-state index in [9.17, 15) is 0 Å². The Labute approximate surface area is 112 Å². The van der Waals surface area contributed by atoms with Crippen LogP contribution in [0.2, 0.25) is 0 Å². The second-order valence-electron chi connectivity index (χ2n) is 5.10. The molecule has 2 N–H and O–H groups in total. The summed E-state index contributed by atoms with van der Waals surface area (Å²) in [7, 11) is 2.23. The van der Waals surface area contributed by atoms with Crippen LogP contribution in [0.15, 0.2) is 30.3 Å². The van der Waals surface area contributed by atoms with Gasteiger partial charge in [-0.25, -0.2) is 0 Å². The molecule has 0 spiro atoms. The topological polar surface area (TPSA) is 29.3 Å². The van der Waals surface area contributed by atoms with Crippen molar-refractivity contribution >= 4 is 0 Å². The minimum absolute atomic E-state index is 0.844. The van der Waals surface area contributed by atoms with Crippen molar-refractivity contribution in [2.75, 3.05) is 26.7 Å². The van der Waals surface area contributed by atoms with Gasteiger partial charge in [0.2, 0.25) is 0 Å². The van der Waals surface area contributed by atoms with E-state index >= 15 is 0 Å². The van der Waals surface area contributed by atoms with E-state index < -0.39 is 0 Å². The van der Waals surface area contributed by atoms with Crippen molar-refractivity contribution < 1.29 is 0 Å². The van der Waals surface area contributed by atoms with E-state index in [1.807, 2.05) is 0 Å². The molecule has 0 aliphatic heterocycles. The molecule has 102 valence electrons. The first-order valence-electron chi connectivity index (χ1n) is 7.25. The normalized spacial score (nSPS) is 11.1. The molecular weight excluding hydrogens is 220 g/mol. The van der Waals surface area contributed by atoms with E-state index in [4.69, 9.17) is 5.73 Å². The van der Waals surface area contributed by atoms with Crippen LogP contribution in [0.1, 0.15) is 37.7 Å². The third kappa shape index (κ3) is 7.46. The van der Waals surface area contributed by atoms with Crippen LogP contribution in [0, 0.1) is 0 Å². The maximum atomic E-state index is 5.48. The number of nitrogens with two attached hydrogens (primary N) is 1. The Bertz CT molecular complexity index is 284. The Morgan fingerprint density at radius 2 is 1.56 bits per heavy atom. The van der Waals surface area contributed by atoms with Crippen LogP contribution in [-0.4, -0.2) is 31.6 Å². The first-order valence-corrected chi connectivity index (χ1v) is 7.25. The highest BCUT2D eigenvalue weighted by atomic mass is 15.1. The lowest BCUT2D eigenvalue weighted by Crippen LogP contribution is -2.22. The van der Waals surface area contributed by atoms with Crippen molar-refractivity contribution in [1.82, 2.24) is 4.90 Å². The molecule has 0 unspecified atom stereocenters. The molecule has 0 heterocycles. The monoisotopic (exact) mass is 248 g/mol. The second-order valence-corrected chi connectivity index (χ2v) is 5.10. The van der Waals surface area contributed by atoms with E-state index in [-0.39, 0.29) is 0 Å². The molecule has 0 aromatic heterocycles. The molecule has 2 nitrogen and oxygen atoms in total. The summed E-state index contributed by atoms with van der Waals surface area (Å²) in [6, 6.07) is 10.7. The van der Waals surface area contributed by atoms with Crippen LogP contribution in [0.3, 0.4) is 0 Å². The molecule has 1 rings (SSSR count). The number of rotatable bonds is 10. The van der Waals surface area contributed by atoms with Crippen LogP contribution in [0.4, 0.5) is 0 Å². The average Bonchev–Trinajstić information content (AvgIpc) is 2.41. The van der Waals surface area contributed by atoms with Gasteiger partial charge in [0, 0.05) is 6.54 Å². The van der Waals surface area contributed by atoms with Crippen LogP contribution >= 0.6 is 0 Å². The average molecular weight is 248 g/mol. The molecule has 0 radical (unpaired) electrons. The van der Waals surface area contributed by atoms with Gasteiger partial charge >= 0.3 is 0 Å². The lowest BCUT2D eigenvalue weighted by Gasteiger charge is -2.16. The number of likely N-dealkylation sites (N-methyl/N-ethyl adjacent to an activating group) is 1. The van der Waals surface area contributed by atoms with Gasteiger partial charge in [-0.05, 0) is 45.0 Å². The second kappa shape index (κ2) is 10.1. The smallest absolute Gasteiger partial charge is 0.00188 e. The van der Waals surface area contributed by atoms with Gasteiger partial charge in [0.15, 0.2) is 0 Å². The Kier molecular flexibility index (Phi) is 8.53. The van der Waals surface area contributed by atoms with Crippen LogP contribution in [0.5, 0.6) is 0 Å². The summed E-state index contributed by atoms with van der Waals surface area (Å²) in [6.45, 7) is 3.22. The molecule has 0 bridgehead atoms. The summed E-state index contributed by atoms with van der Waals surface area (Å²) in [5.74, 6) is 0. The predicted octanol–water partition coefficient (Wildman–Crippen LogP) is 3.07. The number of hydrogen-bond donors (Lipinski definition) is 1. The van der Waals surface area contributed by atoms with Crippen molar-refractivity contribution in [3.8, 4) is 0 Å². The lowest BCUT2D eigenvalue weighted by molar-refractivity contribution is 0.327. The molecule has 0 saturated carbocycles. The quantitative estimate of drug-likeness (QED) is 0.645. The summed E-state index contributed by atoms with van der Waals surface area (Å²) < 4.78 is 0. The molecule has 0 amide bonds. The molecule has 1 aromatic carbocycles. The zero-order chi connectivity index (χ0) is 13.1.